The number of fused-ring (bicyclic) bond motifs is 1. The number of anilines is 1. The summed E-state index contributed by atoms with van der Waals surface area (Å²) in [4.78, 5) is 15.3. The third-order valence-electron chi connectivity index (χ3n) is 4.64. The van der Waals surface area contributed by atoms with Crippen molar-refractivity contribution >= 4 is 17.7 Å². The molecular formula is C17H22N4O2. The predicted octanol–water partition coefficient (Wildman–Crippen LogP) is 2.57. The van der Waals surface area contributed by atoms with Crippen LogP contribution in [0.1, 0.15) is 38.2 Å². The average molecular weight is 314 g/mol. The van der Waals surface area contributed by atoms with Crippen LogP contribution in [0, 0.1) is 0 Å². The van der Waals surface area contributed by atoms with Gasteiger partial charge in [0.15, 0.2) is 6.23 Å². The molecule has 0 aromatic carbocycles. The van der Waals surface area contributed by atoms with E-state index in [4.69, 9.17) is 9.47 Å². The normalized spacial score (nSPS) is 26.8. The van der Waals surface area contributed by atoms with Crippen LogP contribution in [0.15, 0.2) is 22.2 Å². The van der Waals surface area contributed by atoms with Crippen LogP contribution in [0.4, 0.5) is 5.69 Å². The van der Waals surface area contributed by atoms with Crippen molar-refractivity contribution in [1.82, 2.24) is 4.98 Å². The molecule has 6 heteroatoms. The Hall–Kier alpha value is -1.95. The van der Waals surface area contributed by atoms with Crippen molar-refractivity contribution in [1.29, 1.82) is 0 Å². The van der Waals surface area contributed by atoms with Gasteiger partial charge in [-0.3, -0.25) is 0 Å². The number of ether oxygens (including phenoxy) is 2. The smallest absolute Gasteiger partial charge is 0.220 e. The second kappa shape index (κ2) is 6.28. The molecule has 23 heavy (non-hydrogen) atoms. The Balaban J connectivity index is 1.53. The average Bonchev–Trinajstić information content (AvgIpc) is 3.01. The van der Waals surface area contributed by atoms with Gasteiger partial charge in [-0.25, -0.2) is 15.0 Å². The zero-order chi connectivity index (χ0) is 15.6. The molecule has 1 aromatic rings. The Morgan fingerprint density at radius 2 is 2.30 bits per heavy atom. The van der Waals surface area contributed by atoms with Crippen molar-refractivity contribution in [2.75, 3.05) is 18.1 Å². The Kier molecular flexibility index (Phi) is 3.99. The van der Waals surface area contributed by atoms with Gasteiger partial charge in [-0.15, -0.1) is 0 Å². The molecule has 3 aliphatic heterocycles. The lowest BCUT2D eigenvalue weighted by Gasteiger charge is -2.33. The lowest BCUT2D eigenvalue weighted by molar-refractivity contribution is 0.0154. The molecule has 0 saturated carbocycles. The van der Waals surface area contributed by atoms with Crippen LogP contribution >= 0.6 is 0 Å². The first kappa shape index (κ1) is 14.6. The zero-order valence-electron chi connectivity index (χ0n) is 13.4. The highest BCUT2D eigenvalue weighted by Gasteiger charge is 2.31. The summed E-state index contributed by atoms with van der Waals surface area (Å²) in [7, 11) is 0. The summed E-state index contributed by atoms with van der Waals surface area (Å²) in [5.41, 5.74) is 3.42. The van der Waals surface area contributed by atoms with E-state index in [1.807, 2.05) is 13.1 Å². The fourth-order valence-electron chi connectivity index (χ4n) is 3.46. The third-order valence-corrected chi connectivity index (χ3v) is 4.64. The first-order valence-corrected chi connectivity index (χ1v) is 8.39. The van der Waals surface area contributed by atoms with Crippen molar-refractivity contribution in [2.45, 2.75) is 51.5 Å². The molecular weight excluding hydrogens is 292 g/mol. The monoisotopic (exact) mass is 314 g/mol. The summed E-state index contributed by atoms with van der Waals surface area (Å²) < 4.78 is 12.0. The molecule has 0 aliphatic carbocycles. The molecule has 4 heterocycles. The third kappa shape index (κ3) is 2.95. The molecule has 1 fully saturated rings. The Labute approximate surface area is 136 Å². The van der Waals surface area contributed by atoms with E-state index in [9.17, 15) is 0 Å². The first-order valence-electron chi connectivity index (χ1n) is 8.39. The number of pyridine rings is 1. The molecule has 2 unspecified atom stereocenters. The highest BCUT2D eigenvalue weighted by molar-refractivity contribution is 5.90. The Morgan fingerprint density at radius 3 is 3.13 bits per heavy atom. The maximum Gasteiger partial charge on any atom is 0.220 e. The van der Waals surface area contributed by atoms with Gasteiger partial charge in [0.2, 0.25) is 5.88 Å². The minimum absolute atomic E-state index is 0.197. The van der Waals surface area contributed by atoms with Gasteiger partial charge in [0, 0.05) is 42.7 Å². The standard InChI is InChI=1S/C17H22N4O2/c1-12-10-15(20-11-19-12)23-17-13-6-8-21(14(13)5-7-18-17)16-4-2-3-9-22-16/h5,7,11,15-16H,2-4,6,8-10H2,1H3. The molecule has 4 rings (SSSR count). The maximum atomic E-state index is 6.05. The van der Waals surface area contributed by atoms with Crippen molar-refractivity contribution in [3.8, 4) is 5.88 Å². The van der Waals surface area contributed by atoms with Gasteiger partial charge in [-0.05, 0) is 38.7 Å². The predicted molar refractivity (Wildman–Crippen MR) is 89.5 cm³/mol. The van der Waals surface area contributed by atoms with Crippen molar-refractivity contribution in [3.63, 3.8) is 0 Å². The zero-order valence-corrected chi connectivity index (χ0v) is 13.4. The molecule has 0 N–H and O–H groups in total. The van der Waals surface area contributed by atoms with Gasteiger partial charge in [0.25, 0.3) is 0 Å². The number of nitrogens with zero attached hydrogens (tertiary/aromatic N) is 4. The second-order valence-electron chi connectivity index (χ2n) is 6.28. The molecule has 0 spiro atoms. The molecule has 6 nitrogen and oxygen atoms in total. The summed E-state index contributed by atoms with van der Waals surface area (Å²) in [5, 5.41) is 0. The lowest BCUT2D eigenvalue weighted by atomic mass is 10.1. The fraction of sp³-hybridized carbons (Fsp3) is 0.588. The van der Waals surface area contributed by atoms with E-state index in [-0.39, 0.29) is 12.5 Å². The Morgan fingerprint density at radius 1 is 1.35 bits per heavy atom. The number of rotatable bonds is 3. The van der Waals surface area contributed by atoms with E-state index in [1.165, 1.54) is 24.1 Å². The number of hydrogen-bond acceptors (Lipinski definition) is 6. The highest BCUT2D eigenvalue weighted by Crippen LogP contribution is 2.37. The van der Waals surface area contributed by atoms with E-state index in [0.29, 0.717) is 5.88 Å². The molecule has 122 valence electrons. The van der Waals surface area contributed by atoms with E-state index in [1.54, 1.807) is 6.34 Å². The van der Waals surface area contributed by atoms with Crippen LogP contribution in [0.25, 0.3) is 0 Å². The van der Waals surface area contributed by atoms with Crippen molar-refractivity contribution in [3.05, 3.63) is 17.8 Å². The van der Waals surface area contributed by atoms with E-state index in [2.05, 4.69) is 25.9 Å². The Bertz CT molecular complexity index is 637. The molecule has 3 aliphatic rings. The molecule has 2 atom stereocenters. The second-order valence-corrected chi connectivity index (χ2v) is 6.28. The lowest BCUT2D eigenvalue weighted by Crippen LogP contribution is -2.38. The summed E-state index contributed by atoms with van der Waals surface area (Å²) in [5.74, 6) is 0.706. The van der Waals surface area contributed by atoms with Crippen LogP contribution in [-0.4, -0.2) is 42.6 Å². The van der Waals surface area contributed by atoms with E-state index >= 15 is 0 Å². The quantitative estimate of drug-likeness (QED) is 0.860. The van der Waals surface area contributed by atoms with Crippen LogP contribution < -0.4 is 9.64 Å². The van der Waals surface area contributed by atoms with Crippen LogP contribution in [0.3, 0.4) is 0 Å². The number of aliphatic imine (C=N–C) groups is 2. The molecule has 0 amide bonds. The van der Waals surface area contributed by atoms with Gasteiger partial charge in [-0.2, -0.15) is 0 Å². The van der Waals surface area contributed by atoms with Gasteiger partial charge in [0.05, 0.1) is 0 Å². The summed E-state index contributed by atoms with van der Waals surface area (Å²) in [6, 6.07) is 2.07. The minimum atomic E-state index is -0.216. The van der Waals surface area contributed by atoms with Gasteiger partial charge < -0.3 is 14.4 Å². The van der Waals surface area contributed by atoms with Crippen molar-refractivity contribution < 1.29 is 9.47 Å². The van der Waals surface area contributed by atoms with Crippen LogP contribution in [0.5, 0.6) is 5.88 Å². The van der Waals surface area contributed by atoms with Gasteiger partial charge in [0.1, 0.15) is 12.6 Å². The first-order chi connectivity index (χ1) is 11.3. The summed E-state index contributed by atoms with van der Waals surface area (Å²) in [6.45, 7) is 3.82. The van der Waals surface area contributed by atoms with Gasteiger partial charge in [-0.1, -0.05) is 0 Å². The summed E-state index contributed by atoms with van der Waals surface area (Å²) >= 11 is 0. The maximum absolute atomic E-state index is 6.05. The molecule has 1 saturated heterocycles. The number of aromatic nitrogens is 1. The SMILES string of the molecule is CC1=NC=NC(Oc2nccc3c2CCN3C2CCCCO2)C1. The molecule has 0 bridgehead atoms. The van der Waals surface area contributed by atoms with E-state index in [0.717, 1.165) is 38.1 Å². The largest absolute Gasteiger partial charge is 0.451 e. The highest BCUT2D eigenvalue weighted by atomic mass is 16.5. The molecule has 1 aromatic heterocycles. The van der Waals surface area contributed by atoms with Crippen molar-refractivity contribution in [2.24, 2.45) is 9.98 Å². The minimum Gasteiger partial charge on any atom is -0.451 e. The fourth-order valence-corrected chi connectivity index (χ4v) is 3.46. The number of hydrogen-bond donors (Lipinski definition) is 0. The van der Waals surface area contributed by atoms with Crippen LogP contribution in [0.2, 0.25) is 0 Å². The van der Waals surface area contributed by atoms with Gasteiger partial charge >= 0.3 is 0 Å². The van der Waals surface area contributed by atoms with E-state index < -0.39 is 0 Å². The summed E-state index contributed by atoms with van der Waals surface area (Å²) in [6.07, 6.45) is 8.55. The molecule has 0 radical (unpaired) electrons. The van der Waals surface area contributed by atoms with Crippen LogP contribution in [-0.2, 0) is 11.2 Å². The topological polar surface area (TPSA) is 59.3 Å².